The summed E-state index contributed by atoms with van der Waals surface area (Å²) >= 11 is 0. The molecule has 5 N–H and O–H groups in total. The molecule has 35 heavy (non-hydrogen) atoms. The van der Waals surface area contributed by atoms with Gasteiger partial charge in [0.15, 0.2) is 5.82 Å². The molecule has 0 atom stereocenters. The number of benzene rings is 2. The number of aliphatic carboxylic acids is 4. The van der Waals surface area contributed by atoms with E-state index < -0.39 is 23.9 Å². The van der Waals surface area contributed by atoms with Crippen LogP contribution in [0.3, 0.4) is 0 Å². The molecule has 0 bridgehead atoms. The maximum absolute atomic E-state index is 9.10. The molecule has 3 rings (SSSR count). The van der Waals surface area contributed by atoms with Crippen LogP contribution in [0.15, 0.2) is 54.6 Å². The van der Waals surface area contributed by atoms with Crippen molar-refractivity contribution >= 4 is 40.5 Å². The van der Waals surface area contributed by atoms with Crippen LogP contribution in [-0.4, -0.2) is 86.6 Å². The second-order valence-corrected chi connectivity index (χ2v) is 7.11. The van der Waals surface area contributed by atoms with Gasteiger partial charge in [-0.3, -0.25) is 0 Å². The molecule has 12 heteroatoms. The Kier molecular flexibility index (Phi) is 11.8. The standard InChI is InChI=1S/C19H22N4.2C2H2O4/c1-23(2)14-8-13-20-19-17-12-7-6-11-16(17)18(21-22-19)15-9-4-3-5-10-15;2*3-1(4)2(5)6/h3-7,9-12H,8,13-14H2,1-2H3,(H,20,22);2*(H,3,4)(H,5,6). The molecule has 0 spiro atoms. The van der Waals surface area contributed by atoms with Crippen molar-refractivity contribution < 1.29 is 39.6 Å². The summed E-state index contributed by atoms with van der Waals surface area (Å²) in [4.78, 5) is 38.6. The number of aromatic nitrogens is 2. The van der Waals surface area contributed by atoms with E-state index >= 15 is 0 Å². The van der Waals surface area contributed by atoms with Crippen LogP contribution in [0.4, 0.5) is 5.82 Å². The fourth-order valence-electron chi connectivity index (χ4n) is 2.65. The second kappa shape index (κ2) is 14.5. The topological polar surface area (TPSA) is 190 Å². The Morgan fingerprint density at radius 1 is 0.743 bits per heavy atom. The summed E-state index contributed by atoms with van der Waals surface area (Å²) in [6.07, 6.45) is 1.07. The fourth-order valence-corrected chi connectivity index (χ4v) is 2.65. The molecule has 0 saturated carbocycles. The summed E-state index contributed by atoms with van der Waals surface area (Å²) in [5, 5.41) is 44.1. The van der Waals surface area contributed by atoms with Crippen molar-refractivity contribution in [3.63, 3.8) is 0 Å². The minimum atomic E-state index is -1.82. The van der Waals surface area contributed by atoms with Crippen molar-refractivity contribution in [2.45, 2.75) is 6.42 Å². The largest absolute Gasteiger partial charge is 0.473 e. The number of hydrogen-bond donors (Lipinski definition) is 5. The van der Waals surface area contributed by atoms with Gasteiger partial charge >= 0.3 is 23.9 Å². The van der Waals surface area contributed by atoms with Crippen LogP contribution < -0.4 is 5.32 Å². The van der Waals surface area contributed by atoms with Crippen LogP contribution in [0.5, 0.6) is 0 Å². The number of carboxylic acid groups (broad SMARTS) is 4. The van der Waals surface area contributed by atoms with Gasteiger partial charge in [0.2, 0.25) is 0 Å². The molecule has 0 radical (unpaired) electrons. The van der Waals surface area contributed by atoms with Crippen LogP contribution in [0, 0.1) is 0 Å². The highest BCUT2D eigenvalue weighted by molar-refractivity contribution is 6.27. The predicted molar refractivity (Wildman–Crippen MR) is 127 cm³/mol. The highest BCUT2D eigenvalue weighted by atomic mass is 16.4. The first-order chi connectivity index (χ1) is 16.5. The quantitative estimate of drug-likeness (QED) is 0.252. The molecule has 186 valence electrons. The van der Waals surface area contributed by atoms with Gasteiger partial charge in [-0.2, -0.15) is 0 Å². The molecule has 1 aromatic heterocycles. The fraction of sp³-hybridized carbons (Fsp3) is 0.217. The summed E-state index contributed by atoms with van der Waals surface area (Å²) in [7, 11) is 4.17. The van der Waals surface area contributed by atoms with Crippen molar-refractivity contribution in [2.75, 3.05) is 32.5 Å². The van der Waals surface area contributed by atoms with Crippen molar-refractivity contribution in [1.29, 1.82) is 0 Å². The van der Waals surface area contributed by atoms with E-state index in [1.54, 1.807) is 0 Å². The van der Waals surface area contributed by atoms with E-state index in [2.05, 4.69) is 58.8 Å². The summed E-state index contributed by atoms with van der Waals surface area (Å²) < 4.78 is 0. The SMILES string of the molecule is CN(C)CCCNc1nnc(-c2ccccc2)c2ccccc12.O=C(O)C(=O)O.O=C(O)C(=O)O. The van der Waals surface area contributed by atoms with Gasteiger partial charge in [-0.1, -0.05) is 54.6 Å². The Morgan fingerprint density at radius 3 is 1.71 bits per heavy atom. The molecular weight excluding hydrogens is 460 g/mol. The zero-order valence-corrected chi connectivity index (χ0v) is 19.1. The normalized spacial score (nSPS) is 9.80. The van der Waals surface area contributed by atoms with Crippen LogP contribution in [-0.2, 0) is 19.2 Å². The molecule has 0 unspecified atom stereocenters. The lowest BCUT2D eigenvalue weighted by Crippen LogP contribution is -2.16. The number of fused-ring (bicyclic) bond motifs is 1. The summed E-state index contributed by atoms with van der Waals surface area (Å²) in [6.45, 7) is 1.95. The number of hydrogen-bond acceptors (Lipinski definition) is 8. The molecule has 0 amide bonds. The smallest absolute Gasteiger partial charge is 0.414 e. The summed E-state index contributed by atoms with van der Waals surface area (Å²) in [6, 6.07) is 18.5. The lowest BCUT2D eigenvalue weighted by atomic mass is 10.0. The number of carbonyl (C=O) groups is 4. The van der Waals surface area contributed by atoms with E-state index in [0.29, 0.717) is 0 Å². The molecule has 0 aliphatic carbocycles. The second-order valence-electron chi connectivity index (χ2n) is 7.11. The maximum Gasteiger partial charge on any atom is 0.414 e. The van der Waals surface area contributed by atoms with E-state index in [1.807, 2.05) is 30.3 Å². The van der Waals surface area contributed by atoms with Gasteiger partial charge in [0.05, 0.1) is 0 Å². The lowest BCUT2D eigenvalue weighted by molar-refractivity contribution is -0.159. The van der Waals surface area contributed by atoms with Gasteiger partial charge in [0.25, 0.3) is 0 Å². The number of nitrogens with zero attached hydrogens (tertiary/aromatic N) is 3. The van der Waals surface area contributed by atoms with E-state index in [0.717, 1.165) is 47.4 Å². The van der Waals surface area contributed by atoms with Gasteiger partial charge in [-0.05, 0) is 27.1 Å². The molecule has 0 fully saturated rings. The van der Waals surface area contributed by atoms with Gasteiger partial charge in [0, 0.05) is 22.9 Å². The molecule has 0 aliphatic heterocycles. The Balaban J connectivity index is 0.000000425. The van der Waals surface area contributed by atoms with E-state index in [-0.39, 0.29) is 0 Å². The summed E-state index contributed by atoms with van der Waals surface area (Å²) in [5.74, 6) is -6.44. The highest BCUT2D eigenvalue weighted by Crippen LogP contribution is 2.29. The molecular formula is C23H26N4O8. The van der Waals surface area contributed by atoms with Gasteiger partial charge in [-0.25, -0.2) is 19.2 Å². The first-order valence-electron chi connectivity index (χ1n) is 10.2. The van der Waals surface area contributed by atoms with E-state index in [1.165, 1.54) is 0 Å². The third kappa shape index (κ3) is 10.3. The Labute approximate surface area is 200 Å². The third-order valence-electron chi connectivity index (χ3n) is 4.17. The Bertz CT molecular complexity index is 1100. The highest BCUT2D eigenvalue weighted by Gasteiger charge is 2.10. The molecule has 2 aromatic carbocycles. The van der Waals surface area contributed by atoms with Crippen molar-refractivity contribution in [2.24, 2.45) is 0 Å². The van der Waals surface area contributed by atoms with Gasteiger partial charge < -0.3 is 30.6 Å². The van der Waals surface area contributed by atoms with Crippen LogP contribution in [0.25, 0.3) is 22.0 Å². The van der Waals surface area contributed by atoms with Crippen LogP contribution in [0.1, 0.15) is 6.42 Å². The number of nitrogens with one attached hydrogen (secondary N) is 1. The predicted octanol–water partition coefficient (Wildman–Crippen LogP) is 1.97. The van der Waals surface area contributed by atoms with E-state index in [9.17, 15) is 0 Å². The average molecular weight is 486 g/mol. The van der Waals surface area contributed by atoms with Crippen LogP contribution in [0.2, 0.25) is 0 Å². The number of carboxylic acids is 4. The summed E-state index contributed by atoms with van der Waals surface area (Å²) in [5.41, 5.74) is 2.02. The zero-order chi connectivity index (χ0) is 26.4. The number of rotatable bonds is 6. The first kappa shape index (κ1) is 28.5. The van der Waals surface area contributed by atoms with E-state index in [4.69, 9.17) is 39.6 Å². The van der Waals surface area contributed by atoms with Gasteiger partial charge in [0.1, 0.15) is 5.69 Å². The number of anilines is 1. The molecule has 12 nitrogen and oxygen atoms in total. The molecule has 0 aliphatic rings. The van der Waals surface area contributed by atoms with Crippen molar-refractivity contribution in [3.05, 3.63) is 54.6 Å². The third-order valence-corrected chi connectivity index (χ3v) is 4.17. The Morgan fingerprint density at radius 2 is 1.23 bits per heavy atom. The minimum absolute atomic E-state index is 0.860. The molecule has 0 saturated heterocycles. The average Bonchev–Trinajstić information content (AvgIpc) is 2.83. The maximum atomic E-state index is 9.10. The Hall–Kier alpha value is -4.58. The van der Waals surface area contributed by atoms with Crippen LogP contribution >= 0.6 is 0 Å². The first-order valence-corrected chi connectivity index (χ1v) is 10.2. The molecule has 3 aromatic rings. The monoisotopic (exact) mass is 486 g/mol. The minimum Gasteiger partial charge on any atom is -0.473 e. The molecule has 1 heterocycles. The van der Waals surface area contributed by atoms with Gasteiger partial charge in [-0.15, -0.1) is 10.2 Å². The lowest BCUT2D eigenvalue weighted by Gasteiger charge is -2.12. The van der Waals surface area contributed by atoms with Crippen molar-refractivity contribution in [1.82, 2.24) is 15.1 Å². The van der Waals surface area contributed by atoms with Crippen molar-refractivity contribution in [3.8, 4) is 11.3 Å². The zero-order valence-electron chi connectivity index (χ0n) is 19.1.